The fraction of sp³-hybridized carbons (Fsp3) is 0.259. The number of aromatic carboxylic acids is 1. The van der Waals surface area contributed by atoms with E-state index in [1.807, 2.05) is 24.3 Å². The SMILES string of the molecule is COc1ccccc1N1CCN(c2ccc(C(=O)O)cc2NS(=O)(=O)c2ccccc2C)CC1.O=C(O)C(F)(F)F. The lowest BCUT2D eigenvalue weighted by molar-refractivity contribution is -0.192. The molecule has 220 valence electrons. The Morgan fingerprint density at radius 3 is 1.95 bits per heavy atom. The Labute approximate surface area is 234 Å². The van der Waals surface area contributed by atoms with E-state index >= 15 is 0 Å². The van der Waals surface area contributed by atoms with Crippen molar-refractivity contribution < 1.29 is 46.1 Å². The molecule has 0 saturated carbocycles. The van der Waals surface area contributed by atoms with Gasteiger partial charge in [0, 0.05) is 26.2 Å². The number of aliphatic carboxylic acids is 1. The van der Waals surface area contributed by atoms with Gasteiger partial charge in [-0.15, -0.1) is 0 Å². The van der Waals surface area contributed by atoms with Crippen molar-refractivity contribution in [3.63, 3.8) is 0 Å². The summed E-state index contributed by atoms with van der Waals surface area (Å²) in [5.41, 5.74) is 2.51. The topological polar surface area (TPSA) is 136 Å². The highest BCUT2D eigenvalue weighted by Crippen LogP contribution is 2.33. The summed E-state index contributed by atoms with van der Waals surface area (Å²) in [6.07, 6.45) is -5.08. The van der Waals surface area contributed by atoms with Gasteiger partial charge in [0.1, 0.15) is 5.75 Å². The van der Waals surface area contributed by atoms with Crippen molar-refractivity contribution >= 4 is 39.0 Å². The number of aryl methyl sites for hydroxylation is 1. The van der Waals surface area contributed by atoms with Gasteiger partial charge in [-0.2, -0.15) is 13.2 Å². The molecule has 1 aliphatic heterocycles. The first kappa shape index (κ1) is 31.1. The number of halogens is 3. The van der Waals surface area contributed by atoms with Crippen LogP contribution in [0.3, 0.4) is 0 Å². The lowest BCUT2D eigenvalue weighted by Crippen LogP contribution is -2.46. The van der Waals surface area contributed by atoms with Crippen LogP contribution in [0.15, 0.2) is 71.6 Å². The minimum atomic E-state index is -5.08. The molecule has 0 radical (unpaired) electrons. The highest BCUT2D eigenvalue weighted by Gasteiger charge is 2.38. The lowest BCUT2D eigenvalue weighted by Gasteiger charge is -2.38. The number of carboxylic acids is 2. The van der Waals surface area contributed by atoms with Crippen molar-refractivity contribution in [3.8, 4) is 5.75 Å². The standard InChI is InChI=1S/C25H27N3O5S.C2HF3O2/c1-18-7-3-6-10-24(18)34(31,32)26-20-17-19(25(29)30)11-12-21(20)27-13-15-28(16-14-27)22-8-4-5-9-23(22)33-2;3-2(4,5)1(6)7/h3-12,17,26H,13-16H2,1-2H3,(H,29,30);(H,6,7). The molecule has 1 aliphatic rings. The molecular weight excluding hydrogens is 567 g/mol. The molecule has 0 spiro atoms. The van der Waals surface area contributed by atoms with Crippen molar-refractivity contribution in [2.45, 2.75) is 18.0 Å². The first-order valence-electron chi connectivity index (χ1n) is 12.1. The number of methoxy groups -OCH3 is 1. The number of carboxylic acid groups (broad SMARTS) is 2. The third-order valence-electron chi connectivity index (χ3n) is 6.16. The number of anilines is 3. The fourth-order valence-corrected chi connectivity index (χ4v) is 5.48. The Morgan fingerprint density at radius 1 is 0.878 bits per heavy atom. The third-order valence-corrected chi connectivity index (χ3v) is 7.69. The van der Waals surface area contributed by atoms with E-state index < -0.39 is 28.1 Å². The average molecular weight is 596 g/mol. The predicted molar refractivity (Wildman–Crippen MR) is 146 cm³/mol. The Hall–Kier alpha value is -4.46. The van der Waals surface area contributed by atoms with Gasteiger partial charge < -0.3 is 24.7 Å². The van der Waals surface area contributed by atoms with Gasteiger partial charge in [0.2, 0.25) is 0 Å². The number of hydrogen-bond donors (Lipinski definition) is 3. The van der Waals surface area contributed by atoms with Gasteiger partial charge in [0.05, 0.1) is 34.6 Å². The molecule has 0 unspecified atom stereocenters. The molecule has 0 amide bonds. The van der Waals surface area contributed by atoms with E-state index in [1.54, 1.807) is 38.3 Å². The van der Waals surface area contributed by atoms with Gasteiger partial charge in [-0.3, -0.25) is 4.72 Å². The number of rotatable bonds is 7. The number of alkyl halides is 3. The van der Waals surface area contributed by atoms with E-state index in [0.717, 1.165) is 11.4 Å². The molecule has 3 aromatic carbocycles. The van der Waals surface area contributed by atoms with Crippen molar-refractivity contribution in [1.82, 2.24) is 0 Å². The Morgan fingerprint density at radius 2 is 1.41 bits per heavy atom. The highest BCUT2D eigenvalue weighted by molar-refractivity contribution is 7.92. The van der Waals surface area contributed by atoms with E-state index in [9.17, 15) is 31.5 Å². The van der Waals surface area contributed by atoms with Crippen molar-refractivity contribution in [2.24, 2.45) is 0 Å². The fourth-order valence-electron chi connectivity index (χ4n) is 4.16. The summed E-state index contributed by atoms with van der Waals surface area (Å²) in [5.74, 6) is -3.08. The van der Waals surface area contributed by atoms with E-state index in [2.05, 4.69) is 14.5 Å². The average Bonchev–Trinajstić information content (AvgIpc) is 2.93. The molecule has 1 fully saturated rings. The summed E-state index contributed by atoms with van der Waals surface area (Å²) in [6, 6.07) is 19.0. The van der Waals surface area contributed by atoms with Crippen LogP contribution in [0.1, 0.15) is 15.9 Å². The smallest absolute Gasteiger partial charge is 0.490 e. The maximum Gasteiger partial charge on any atom is 0.490 e. The molecule has 10 nitrogen and oxygen atoms in total. The summed E-state index contributed by atoms with van der Waals surface area (Å²) in [5, 5.41) is 16.6. The zero-order valence-electron chi connectivity index (χ0n) is 22.1. The number of carbonyl (C=O) groups is 2. The molecular formula is C27H28F3N3O7S. The van der Waals surface area contributed by atoms with Crippen LogP contribution in [0.4, 0.5) is 30.2 Å². The summed E-state index contributed by atoms with van der Waals surface area (Å²) in [6.45, 7) is 4.38. The summed E-state index contributed by atoms with van der Waals surface area (Å²) in [4.78, 5) is 24.9. The number of benzene rings is 3. The first-order chi connectivity index (χ1) is 19.2. The van der Waals surface area contributed by atoms with Crippen LogP contribution in [0.2, 0.25) is 0 Å². The van der Waals surface area contributed by atoms with Gasteiger partial charge >= 0.3 is 18.1 Å². The normalized spacial score (nSPS) is 13.6. The van der Waals surface area contributed by atoms with Crippen LogP contribution in [0.25, 0.3) is 0 Å². The van der Waals surface area contributed by atoms with Gasteiger partial charge in [-0.25, -0.2) is 18.0 Å². The maximum absolute atomic E-state index is 13.1. The van der Waals surface area contributed by atoms with Gasteiger partial charge in [-0.1, -0.05) is 30.3 Å². The monoisotopic (exact) mass is 595 g/mol. The van der Waals surface area contributed by atoms with Crippen molar-refractivity contribution in [2.75, 3.05) is 47.8 Å². The maximum atomic E-state index is 13.1. The van der Waals surface area contributed by atoms with Crippen LogP contribution in [0.5, 0.6) is 5.75 Å². The molecule has 41 heavy (non-hydrogen) atoms. The number of ether oxygens (including phenoxy) is 1. The molecule has 4 rings (SSSR count). The molecule has 3 aromatic rings. The molecule has 3 N–H and O–H groups in total. The number of sulfonamides is 1. The van der Waals surface area contributed by atoms with Gasteiger partial charge in [0.15, 0.2) is 0 Å². The summed E-state index contributed by atoms with van der Waals surface area (Å²) >= 11 is 0. The molecule has 0 aromatic heterocycles. The number of hydrogen-bond acceptors (Lipinski definition) is 7. The molecule has 1 saturated heterocycles. The second-order valence-corrected chi connectivity index (χ2v) is 10.5. The highest BCUT2D eigenvalue weighted by atomic mass is 32.2. The Kier molecular flexibility index (Phi) is 9.71. The Balaban J connectivity index is 0.000000587. The van der Waals surface area contributed by atoms with Crippen molar-refractivity contribution in [3.05, 3.63) is 77.9 Å². The lowest BCUT2D eigenvalue weighted by atomic mass is 10.1. The minimum absolute atomic E-state index is 0.0129. The molecule has 0 atom stereocenters. The van der Waals surface area contributed by atoms with Gasteiger partial charge in [-0.05, 0) is 48.9 Å². The second kappa shape index (κ2) is 12.8. The number of nitrogens with one attached hydrogen (secondary N) is 1. The van der Waals surface area contributed by atoms with E-state index in [4.69, 9.17) is 14.6 Å². The first-order valence-corrected chi connectivity index (χ1v) is 13.6. The number of para-hydroxylation sites is 2. The molecule has 0 aliphatic carbocycles. The molecule has 1 heterocycles. The van der Waals surface area contributed by atoms with E-state index in [1.165, 1.54) is 18.2 Å². The number of nitrogens with zero attached hydrogens (tertiary/aromatic N) is 2. The number of piperazine rings is 1. The molecule has 0 bridgehead atoms. The largest absolute Gasteiger partial charge is 0.495 e. The van der Waals surface area contributed by atoms with Crippen LogP contribution in [0, 0.1) is 6.92 Å². The second-order valence-electron chi connectivity index (χ2n) is 8.86. The van der Waals surface area contributed by atoms with Crippen LogP contribution in [-0.4, -0.2) is 70.0 Å². The molecule has 14 heteroatoms. The van der Waals surface area contributed by atoms with Crippen LogP contribution < -0.4 is 19.3 Å². The Bertz CT molecular complexity index is 1510. The third kappa shape index (κ3) is 7.81. The van der Waals surface area contributed by atoms with Gasteiger partial charge in [0.25, 0.3) is 10.0 Å². The minimum Gasteiger partial charge on any atom is -0.495 e. The van der Waals surface area contributed by atoms with Crippen LogP contribution in [-0.2, 0) is 14.8 Å². The zero-order valence-corrected chi connectivity index (χ0v) is 22.9. The van der Waals surface area contributed by atoms with E-state index in [0.29, 0.717) is 37.4 Å². The van der Waals surface area contributed by atoms with E-state index in [-0.39, 0.29) is 16.1 Å². The predicted octanol–water partition coefficient (Wildman–Crippen LogP) is 4.46. The summed E-state index contributed by atoms with van der Waals surface area (Å²) < 4.78 is 66.1. The van der Waals surface area contributed by atoms with Crippen LogP contribution >= 0.6 is 0 Å². The zero-order chi connectivity index (χ0) is 30.4. The summed E-state index contributed by atoms with van der Waals surface area (Å²) in [7, 11) is -2.26. The quantitative estimate of drug-likeness (QED) is 0.362. The van der Waals surface area contributed by atoms with Crippen molar-refractivity contribution in [1.29, 1.82) is 0 Å².